The number of anilines is 1. The van der Waals surface area contributed by atoms with Gasteiger partial charge in [0.15, 0.2) is 5.82 Å². The standard InChI is InChI=1S/C22H15N3O2S/c26-22(25-16-11-23-21(24-12-16)14-6-2-1-3-7-14)19-10-15-13-27-18-9-5-4-8-17(18)20(15)28-19/h1-12H,13H2,(H,25,26). The summed E-state index contributed by atoms with van der Waals surface area (Å²) < 4.78 is 5.77. The Bertz CT molecular complexity index is 1150. The Morgan fingerprint density at radius 2 is 1.75 bits per heavy atom. The molecule has 0 atom stereocenters. The topological polar surface area (TPSA) is 64.1 Å². The number of thiophene rings is 1. The lowest BCUT2D eigenvalue weighted by Gasteiger charge is -2.16. The van der Waals surface area contributed by atoms with Crippen LogP contribution in [0.25, 0.3) is 21.8 Å². The van der Waals surface area contributed by atoms with Crippen LogP contribution in [0.5, 0.6) is 5.75 Å². The van der Waals surface area contributed by atoms with E-state index < -0.39 is 0 Å². The number of hydrogen-bond donors (Lipinski definition) is 1. The molecule has 28 heavy (non-hydrogen) atoms. The SMILES string of the molecule is O=C(Nc1cnc(-c2ccccc2)nc1)c1cc2c(s1)-c1ccccc1OC2. The highest BCUT2D eigenvalue weighted by atomic mass is 32.1. The molecule has 5 nitrogen and oxygen atoms in total. The third-order valence-electron chi connectivity index (χ3n) is 4.49. The van der Waals surface area contributed by atoms with Crippen LogP contribution >= 0.6 is 11.3 Å². The van der Waals surface area contributed by atoms with E-state index in [0.717, 1.165) is 27.3 Å². The van der Waals surface area contributed by atoms with Gasteiger partial charge in [0.2, 0.25) is 0 Å². The Morgan fingerprint density at radius 1 is 1.00 bits per heavy atom. The molecule has 6 heteroatoms. The van der Waals surface area contributed by atoms with Gasteiger partial charge in [-0.05, 0) is 18.2 Å². The van der Waals surface area contributed by atoms with Crippen LogP contribution in [0.4, 0.5) is 5.69 Å². The van der Waals surface area contributed by atoms with Crippen molar-refractivity contribution in [1.82, 2.24) is 9.97 Å². The van der Waals surface area contributed by atoms with E-state index in [4.69, 9.17) is 4.74 Å². The van der Waals surface area contributed by atoms with E-state index in [1.165, 1.54) is 11.3 Å². The maximum absolute atomic E-state index is 12.7. The van der Waals surface area contributed by atoms with E-state index in [2.05, 4.69) is 15.3 Å². The molecule has 3 heterocycles. The number of hydrogen-bond acceptors (Lipinski definition) is 5. The van der Waals surface area contributed by atoms with Gasteiger partial charge in [-0.15, -0.1) is 11.3 Å². The normalized spacial score (nSPS) is 11.9. The maximum atomic E-state index is 12.7. The first-order chi connectivity index (χ1) is 13.8. The number of para-hydroxylation sites is 1. The molecular formula is C22H15N3O2S. The number of amides is 1. The van der Waals surface area contributed by atoms with Gasteiger partial charge < -0.3 is 10.1 Å². The van der Waals surface area contributed by atoms with Gasteiger partial charge in [-0.2, -0.15) is 0 Å². The molecule has 0 saturated carbocycles. The Morgan fingerprint density at radius 3 is 2.57 bits per heavy atom. The van der Waals surface area contributed by atoms with Crippen molar-refractivity contribution >= 4 is 22.9 Å². The first kappa shape index (κ1) is 16.6. The summed E-state index contributed by atoms with van der Waals surface area (Å²) in [4.78, 5) is 23.1. The minimum absolute atomic E-state index is 0.173. The molecule has 0 bridgehead atoms. The van der Waals surface area contributed by atoms with Gasteiger partial charge in [0.05, 0.1) is 23.0 Å². The third kappa shape index (κ3) is 3.04. The van der Waals surface area contributed by atoms with Crippen LogP contribution in [-0.4, -0.2) is 15.9 Å². The second kappa shape index (κ2) is 6.90. The fourth-order valence-corrected chi connectivity index (χ4v) is 4.23. The molecule has 1 N–H and O–H groups in total. The summed E-state index contributed by atoms with van der Waals surface area (Å²) in [6.07, 6.45) is 3.25. The molecule has 0 radical (unpaired) electrons. The molecule has 2 aromatic carbocycles. The fourth-order valence-electron chi connectivity index (χ4n) is 3.13. The summed E-state index contributed by atoms with van der Waals surface area (Å²) in [5.74, 6) is 1.31. The molecule has 4 aromatic rings. The summed E-state index contributed by atoms with van der Waals surface area (Å²) in [6, 6.07) is 19.5. The molecule has 2 aromatic heterocycles. The van der Waals surface area contributed by atoms with E-state index in [1.54, 1.807) is 12.4 Å². The van der Waals surface area contributed by atoms with Gasteiger partial charge in [0.1, 0.15) is 12.4 Å². The highest BCUT2D eigenvalue weighted by Crippen LogP contribution is 2.42. The highest BCUT2D eigenvalue weighted by Gasteiger charge is 2.22. The molecule has 0 unspecified atom stereocenters. The molecule has 0 saturated heterocycles. The first-order valence-corrected chi connectivity index (χ1v) is 9.63. The average molecular weight is 385 g/mol. The number of aromatic nitrogens is 2. The van der Waals surface area contributed by atoms with Gasteiger partial charge in [0, 0.05) is 21.6 Å². The summed E-state index contributed by atoms with van der Waals surface area (Å²) in [6.45, 7) is 0.477. The van der Waals surface area contributed by atoms with Crippen molar-refractivity contribution in [3.05, 3.63) is 83.5 Å². The first-order valence-electron chi connectivity index (χ1n) is 8.82. The van der Waals surface area contributed by atoms with Crippen molar-refractivity contribution in [2.45, 2.75) is 6.61 Å². The molecule has 1 aliphatic rings. The summed E-state index contributed by atoms with van der Waals surface area (Å²) in [5.41, 5.74) is 3.56. The second-order valence-corrected chi connectivity index (χ2v) is 7.42. The molecule has 0 fully saturated rings. The molecule has 1 amide bonds. The van der Waals surface area contributed by atoms with Crippen LogP contribution in [0, 0.1) is 0 Å². The number of fused-ring (bicyclic) bond motifs is 3. The quantitative estimate of drug-likeness (QED) is 0.538. The number of ether oxygens (including phenoxy) is 1. The lowest BCUT2D eigenvalue weighted by atomic mass is 10.1. The molecule has 0 aliphatic carbocycles. The Balaban J connectivity index is 1.36. The minimum Gasteiger partial charge on any atom is -0.488 e. The van der Waals surface area contributed by atoms with Gasteiger partial charge in [0.25, 0.3) is 5.91 Å². The van der Waals surface area contributed by atoms with E-state index in [1.807, 2.05) is 60.7 Å². The summed E-state index contributed by atoms with van der Waals surface area (Å²) in [7, 11) is 0. The smallest absolute Gasteiger partial charge is 0.265 e. The van der Waals surface area contributed by atoms with Crippen molar-refractivity contribution in [1.29, 1.82) is 0 Å². The Hall–Kier alpha value is -3.51. The third-order valence-corrected chi connectivity index (χ3v) is 5.70. The number of rotatable bonds is 3. The molecule has 1 aliphatic heterocycles. The lowest BCUT2D eigenvalue weighted by molar-refractivity contribution is 0.103. The van der Waals surface area contributed by atoms with Gasteiger partial charge in [-0.25, -0.2) is 9.97 Å². The van der Waals surface area contributed by atoms with E-state index in [9.17, 15) is 4.79 Å². The van der Waals surface area contributed by atoms with Crippen LogP contribution in [0.3, 0.4) is 0 Å². The zero-order chi connectivity index (χ0) is 18.9. The molecular weight excluding hydrogens is 370 g/mol. The average Bonchev–Trinajstić information content (AvgIpc) is 3.20. The number of carbonyl (C=O) groups excluding carboxylic acids is 1. The summed E-state index contributed by atoms with van der Waals surface area (Å²) >= 11 is 1.47. The van der Waals surface area contributed by atoms with Crippen LogP contribution in [-0.2, 0) is 6.61 Å². The van der Waals surface area contributed by atoms with Crippen molar-refractivity contribution in [3.63, 3.8) is 0 Å². The van der Waals surface area contributed by atoms with Gasteiger partial charge in [-0.1, -0.05) is 42.5 Å². The fraction of sp³-hybridized carbons (Fsp3) is 0.0455. The van der Waals surface area contributed by atoms with Crippen LogP contribution in [0.1, 0.15) is 15.2 Å². The number of carbonyl (C=O) groups is 1. The predicted molar refractivity (Wildman–Crippen MR) is 110 cm³/mol. The number of benzene rings is 2. The van der Waals surface area contributed by atoms with Crippen LogP contribution in [0.15, 0.2) is 73.1 Å². The largest absolute Gasteiger partial charge is 0.488 e. The van der Waals surface area contributed by atoms with E-state index >= 15 is 0 Å². The lowest BCUT2D eigenvalue weighted by Crippen LogP contribution is -2.10. The van der Waals surface area contributed by atoms with Crippen molar-refractivity contribution in [2.24, 2.45) is 0 Å². The van der Waals surface area contributed by atoms with Crippen molar-refractivity contribution < 1.29 is 9.53 Å². The van der Waals surface area contributed by atoms with Crippen molar-refractivity contribution in [3.8, 4) is 27.6 Å². The Labute approximate surface area is 165 Å². The van der Waals surface area contributed by atoms with Crippen molar-refractivity contribution in [2.75, 3.05) is 5.32 Å². The van der Waals surface area contributed by atoms with Crippen LogP contribution < -0.4 is 10.1 Å². The van der Waals surface area contributed by atoms with E-state index in [0.29, 0.717) is 23.0 Å². The predicted octanol–water partition coefficient (Wildman–Crippen LogP) is 5.02. The van der Waals surface area contributed by atoms with E-state index in [-0.39, 0.29) is 5.91 Å². The van der Waals surface area contributed by atoms with Crippen LogP contribution in [0.2, 0.25) is 0 Å². The highest BCUT2D eigenvalue weighted by molar-refractivity contribution is 7.17. The zero-order valence-corrected chi connectivity index (χ0v) is 15.6. The zero-order valence-electron chi connectivity index (χ0n) is 14.8. The van der Waals surface area contributed by atoms with Gasteiger partial charge in [-0.3, -0.25) is 4.79 Å². The second-order valence-electron chi connectivity index (χ2n) is 6.37. The molecule has 136 valence electrons. The Kier molecular flexibility index (Phi) is 4.10. The summed E-state index contributed by atoms with van der Waals surface area (Å²) in [5, 5.41) is 2.88. The number of nitrogens with zero attached hydrogens (tertiary/aromatic N) is 2. The number of nitrogens with one attached hydrogen (secondary N) is 1. The monoisotopic (exact) mass is 385 g/mol. The molecule has 0 spiro atoms. The van der Waals surface area contributed by atoms with Gasteiger partial charge >= 0.3 is 0 Å². The minimum atomic E-state index is -0.173. The maximum Gasteiger partial charge on any atom is 0.265 e. The molecule has 5 rings (SSSR count).